The number of carbonyl (C=O) groups excluding carboxylic acids is 1. The van der Waals surface area contributed by atoms with Crippen molar-refractivity contribution in [1.82, 2.24) is 5.32 Å². The first kappa shape index (κ1) is 21.4. The monoisotopic (exact) mass is 405 g/mol. The summed E-state index contributed by atoms with van der Waals surface area (Å²) in [6, 6.07) is 24.1. The fraction of sp³-hybridized carbons (Fsp3) is 0.240. The van der Waals surface area contributed by atoms with Gasteiger partial charge >= 0.3 is 0 Å². The third-order valence-electron chi connectivity index (χ3n) is 5.12. The summed E-state index contributed by atoms with van der Waals surface area (Å²) >= 11 is 0. The third-order valence-corrected chi connectivity index (χ3v) is 5.12. The van der Waals surface area contributed by atoms with Gasteiger partial charge in [-0.15, -0.1) is 0 Å². The van der Waals surface area contributed by atoms with Gasteiger partial charge in [0.15, 0.2) is 11.5 Å². The molecule has 0 aliphatic heterocycles. The first-order valence-electron chi connectivity index (χ1n) is 9.80. The van der Waals surface area contributed by atoms with Crippen LogP contribution >= 0.6 is 0 Å². The number of hydrogen-bond acceptors (Lipinski definition) is 5. The lowest BCUT2D eigenvalue weighted by atomic mass is 9.81. The number of hydrogen-bond donors (Lipinski definition) is 1. The SMILES string of the molecule is COc1cc(C(c2ccccc2)C(NCC=O)c2ccccc2)cc(OC)c1OC. The quantitative estimate of drug-likeness (QED) is 0.508. The van der Waals surface area contributed by atoms with Gasteiger partial charge in [0.2, 0.25) is 5.75 Å². The van der Waals surface area contributed by atoms with Gasteiger partial charge in [-0.3, -0.25) is 0 Å². The zero-order valence-corrected chi connectivity index (χ0v) is 17.5. The molecule has 5 nitrogen and oxygen atoms in total. The summed E-state index contributed by atoms with van der Waals surface area (Å²) in [7, 11) is 4.81. The fourth-order valence-electron chi connectivity index (χ4n) is 3.78. The van der Waals surface area contributed by atoms with Crippen LogP contribution in [0.3, 0.4) is 0 Å². The van der Waals surface area contributed by atoms with Crippen molar-refractivity contribution in [2.75, 3.05) is 27.9 Å². The molecular weight excluding hydrogens is 378 g/mol. The Labute approximate surface area is 177 Å². The number of nitrogens with one attached hydrogen (secondary N) is 1. The molecule has 0 heterocycles. The molecule has 156 valence electrons. The van der Waals surface area contributed by atoms with Crippen molar-refractivity contribution in [2.24, 2.45) is 0 Å². The van der Waals surface area contributed by atoms with Crippen LogP contribution in [0, 0.1) is 0 Å². The van der Waals surface area contributed by atoms with E-state index in [0.29, 0.717) is 17.2 Å². The number of rotatable bonds is 10. The predicted molar refractivity (Wildman–Crippen MR) is 118 cm³/mol. The van der Waals surface area contributed by atoms with Gasteiger partial charge in [-0.25, -0.2) is 0 Å². The minimum absolute atomic E-state index is 0.0951. The zero-order chi connectivity index (χ0) is 21.3. The lowest BCUT2D eigenvalue weighted by molar-refractivity contribution is -0.107. The van der Waals surface area contributed by atoms with Gasteiger partial charge in [0.05, 0.1) is 27.9 Å². The molecule has 3 aromatic rings. The summed E-state index contributed by atoms with van der Waals surface area (Å²) in [5.41, 5.74) is 3.18. The molecule has 0 radical (unpaired) electrons. The second-order valence-electron chi connectivity index (χ2n) is 6.81. The van der Waals surface area contributed by atoms with Crippen molar-refractivity contribution < 1.29 is 19.0 Å². The lowest BCUT2D eigenvalue weighted by Gasteiger charge is -2.30. The van der Waals surface area contributed by atoms with Crippen LogP contribution < -0.4 is 19.5 Å². The summed E-state index contributed by atoms with van der Waals surface area (Å²) < 4.78 is 16.7. The predicted octanol–water partition coefficient (Wildman–Crippen LogP) is 4.37. The average molecular weight is 405 g/mol. The molecule has 0 saturated heterocycles. The summed E-state index contributed by atoms with van der Waals surface area (Å²) in [5.74, 6) is 1.64. The third kappa shape index (κ3) is 4.63. The summed E-state index contributed by atoms with van der Waals surface area (Å²) in [4.78, 5) is 11.2. The minimum atomic E-state index is -0.137. The van der Waals surface area contributed by atoms with Gasteiger partial charge < -0.3 is 24.3 Å². The summed E-state index contributed by atoms with van der Waals surface area (Å²) in [6.07, 6.45) is 0.882. The van der Waals surface area contributed by atoms with Gasteiger partial charge in [-0.2, -0.15) is 0 Å². The van der Waals surface area contributed by atoms with E-state index < -0.39 is 0 Å². The molecule has 3 rings (SSSR count). The van der Waals surface area contributed by atoms with Crippen LogP contribution in [-0.2, 0) is 4.79 Å². The summed E-state index contributed by atoms with van der Waals surface area (Å²) in [5, 5.41) is 3.41. The van der Waals surface area contributed by atoms with Crippen LogP contribution in [0.1, 0.15) is 28.7 Å². The molecule has 3 aromatic carbocycles. The zero-order valence-electron chi connectivity index (χ0n) is 17.5. The Morgan fingerprint density at radius 3 is 1.77 bits per heavy atom. The topological polar surface area (TPSA) is 56.8 Å². The van der Waals surface area contributed by atoms with E-state index in [2.05, 4.69) is 29.6 Å². The highest BCUT2D eigenvalue weighted by Gasteiger charge is 2.28. The van der Waals surface area contributed by atoms with E-state index in [1.54, 1.807) is 21.3 Å². The lowest BCUT2D eigenvalue weighted by Crippen LogP contribution is -2.29. The Hall–Kier alpha value is -3.31. The van der Waals surface area contributed by atoms with Crippen molar-refractivity contribution in [3.8, 4) is 17.2 Å². The van der Waals surface area contributed by atoms with Gasteiger partial charge in [-0.05, 0) is 28.8 Å². The van der Waals surface area contributed by atoms with Crippen molar-refractivity contribution in [1.29, 1.82) is 0 Å². The van der Waals surface area contributed by atoms with Gasteiger partial charge in [0.25, 0.3) is 0 Å². The smallest absolute Gasteiger partial charge is 0.203 e. The molecule has 1 N–H and O–H groups in total. The molecule has 2 atom stereocenters. The van der Waals surface area contributed by atoms with Crippen molar-refractivity contribution in [3.05, 3.63) is 89.5 Å². The van der Waals surface area contributed by atoms with Crippen LogP contribution in [0.15, 0.2) is 72.8 Å². The molecule has 5 heteroatoms. The average Bonchev–Trinajstić information content (AvgIpc) is 2.81. The molecule has 0 aliphatic rings. The van der Waals surface area contributed by atoms with Crippen LogP contribution in [0.4, 0.5) is 0 Å². The second kappa shape index (κ2) is 10.5. The molecule has 0 aromatic heterocycles. The fourth-order valence-corrected chi connectivity index (χ4v) is 3.78. The van der Waals surface area contributed by atoms with E-state index in [1.165, 1.54) is 0 Å². The van der Waals surface area contributed by atoms with Crippen molar-refractivity contribution >= 4 is 6.29 Å². The molecule has 0 amide bonds. The normalized spacial score (nSPS) is 12.6. The van der Waals surface area contributed by atoms with E-state index in [1.807, 2.05) is 48.5 Å². The minimum Gasteiger partial charge on any atom is -0.493 e. The van der Waals surface area contributed by atoms with E-state index in [9.17, 15) is 4.79 Å². The molecule has 30 heavy (non-hydrogen) atoms. The Balaban J connectivity index is 2.21. The first-order chi connectivity index (χ1) is 14.7. The Bertz CT molecular complexity index is 919. The Kier molecular flexibility index (Phi) is 7.46. The van der Waals surface area contributed by atoms with Crippen LogP contribution in [0.5, 0.6) is 17.2 Å². The maximum absolute atomic E-state index is 11.2. The molecule has 0 saturated carbocycles. The number of carbonyl (C=O) groups is 1. The highest BCUT2D eigenvalue weighted by atomic mass is 16.5. The standard InChI is InChI=1S/C25H27NO4/c1-28-21-16-20(17-22(29-2)25(21)30-3)23(18-10-6-4-7-11-18)24(26-14-15-27)19-12-8-5-9-13-19/h4-13,15-17,23-24,26H,14H2,1-3H3. The number of ether oxygens (including phenoxy) is 3. The van der Waals surface area contributed by atoms with Gasteiger partial charge in [0.1, 0.15) is 6.29 Å². The van der Waals surface area contributed by atoms with Gasteiger partial charge in [0, 0.05) is 12.0 Å². The number of benzene rings is 3. The molecular formula is C25H27NO4. The first-order valence-corrected chi connectivity index (χ1v) is 9.80. The van der Waals surface area contributed by atoms with E-state index in [-0.39, 0.29) is 18.5 Å². The summed E-state index contributed by atoms with van der Waals surface area (Å²) in [6.45, 7) is 0.243. The van der Waals surface area contributed by atoms with Crippen LogP contribution in [0.25, 0.3) is 0 Å². The van der Waals surface area contributed by atoms with Crippen LogP contribution in [-0.4, -0.2) is 34.2 Å². The molecule has 2 unspecified atom stereocenters. The molecule has 0 fully saturated rings. The van der Waals surface area contributed by atoms with E-state index in [4.69, 9.17) is 14.2 Å². The maximum atomic E-state index is 11.2. The highest BCUT2D eigenvalue weighted by molar-refractivity contribution is 5.57. The Morgan fingerprint density at radius 2 is 1.30 bits per heavy atom. The van der Waals surface area contributed by atoms with E-state index >= 15 is 0 Å². The largest absolute Gasteiger partial charge is 0.493 e. The second-order valence-corrected chi connectivity index (χ2v) is 6.81. The highest BCUT2D eigenvalue weighted by Crippen LogP contribution is 2.44. The number of methoxy groups -OCH3 is 3. The van der Waals surface area contributed by atoms with Crippen molar-refractivity contribution in [3.63, 3.8) is 0 Å². The molecule has 0 spiro atoms. The maximum Gasteiger partial charge on any atom is 0.203 e. The number of aldehydes is 1. The van der Waals surface area contributed by atoms with E-state index in [0.717, 1.165) is 23.0 Å². The van der Waals surface area contributed by atoms with Gasteiger partial charge in [-0.1, -0.05) is 60.7 Å². The molecule has 0 bridgehead atoms. The Morgan fingerprint density at radius 1 is 0.767 bits per heavy atom. The molecule has 0 aliphatic carbocycles. The van der Waals surface area contributed by atoms with Crippen LogP contribution in [0.2, 0.25) is 0 Å². The van der Waals surface area contributed by atoms with Crippen molar-refractivity contribution in [2.45, 2.75) is 12.0 Å².